The van der Waals surface area contributed by atoms with Crippen molar-refractivity contribution in [3.8, 4) is 0 Å². The average molecular weight is 477 g/mol. The molecule has 4 atom stereocenters. The number of anilines is 1. The standard InChI is InChI=1S/C31H44N2O2/c1-8-30(32-7)33(27-12-10-9-11-24(27)6)28(20-25-16-13-22(4)14-17-25)31(34)35-29-19-23(5)15-18-26(29)21(2)3/h9-14,16-17,21,23,26,28-29H,8,15,18-20H2,1-7H3/t23-,26+,28-,29-/m1/s1. The first-order valence-electron chi connectivity index (χ1n) is 13.3. The van der Waals surface area contributed by atoms with Crippen molar-refractivity contribution in [1.29, 1.82) is 0 Å². The van der Waals surface area contributed by atoms with Crippen molar-refractivity contribution >= 4 is 17.5 Å². The van der Waals surface area contributed by atoms with Gasteiger partial charge in [0.1, 0.15) is 18.0 Å². The van der Waals surface area contributed by atoms with Gasteiger partial charge in [-0.15, -0.1) is 0 Å². The number of benzene rings is 2. The fourth-order valence-electron chi connectivity index (χ4n) is 5.46. The van der Waals surface area contributed by atoms with Crippen LogP contribution in [0.3, 0.4) is 0 Å². The van der Waals surface area contributed by atoms with E-state index in [0.717, 1.165) is 41.9 Å². The molecule has 2 aromatic carbocycles. The third-order valence-electron chi connectivity index (χ3n) is 7.59. The highest BCUT2D eigenvalue weighted by atomic mass is 16.5. The molecule has 0 aliphatic heterocycles. The Labute approximate surface area is 212 Å². The third-order valence-corrected chi connectivity index (χ3v) is 7.59. The monoisotopic (exact) mass is 476 g/mol. The molecule has 0 spiro atoms. The minimum atomic E-state index is -0.484. The first-order chi connectivity index (χ1) is 16.7. The number of esters is 1. The van der Waals surface area contributed by atoms with Crippen LogP contribution < -0.4 is 4.90 Å². The summed E-state index contributed by atoms with van der Waals surface area (Å²) in [7, 11) is 1.82. The molecule has 0 N–H and O–H groups in total. The summed E-state index contributed by atoms with van der Waals surface area (Å²) in [5.74, 6) is 2.23. The number of ether oxygens (including phenoxy) is 1. The van der Waals surface area contributed by atoms with Crippen LogP contribution in [0.4, 0.5) is 5.69 Å². The molecule has 4 nitrogen and oxygen atoms in total. The zero-order valence-electron chi connectivity index (χ0n) is 22.8. The van der Waals surface area contributed by atoms with Crippen LogP contribution in [0.15, 0.2) is 53.5 Å². The summed E-state index contributed by atoms with van der Waals surface area (Å²) in [5.41, 5.74) is 4.47. The predicted octanol–water partition coefficient (Wildman–Crippen LogP) is 7.16. The number of para-hydroxylation sites is 1. The van der Waals surface area contributed by atoms with E-state index in [4.69, 9.17) is 4.74 Å². The molecule has 1 aliphatic rings. The van der Waals surface area contributed by atoms with E-state index in [1.165, 1.54) is 12.0 Å². The van der Waals surface area contributed by atoms with Crippen LogP contribution in [0, 0.1) is 31.6 Å². The van der Waals surface area contributed by atoms with E-state index < -0.39 is 6.04 Å². The molecule has 0 saturated heterocycles. The summed E-state index contributed by atoms with van der Waals surface area (Å²) < 4.78 is 6.44. The minimum Gasteiger partial charge on any atom is -0.461 e. The number of aliphatic imine (C=N–C) groups is 1. The van der Waals surface area contributed by atoms with E-state index >= 15 is 0 Å². The summed E-state index contributed by atoms with van der Waals surface area (Å²) >= 11 is 0. The molecule has 1 saturated carbocycles. The van der Waals surface area contributed by atoms with Crippen molar-refractivity contribution in [2.45, 2.75) is 85.8 Å². The Balaban J connectivity index is 2.03. The summed E-state index contributed by atoms with van der Waals surface area (Å²) in [5, 5.41) is 0. The second-order valence-corrected chi connectivity index (χ2v) is 10.7. The molecule has 35 heavy (non-hydrogen) atoms. The van der Waals surface area contributed by atoms with E-state index in [-0.39, 0.29) is 12.1 Å². The van der Waals surface area contributed by atoms with Gasteiger partial charge in [-0.2, -0.15) is 0 Å². The molecular formula is C31H44N2O2. The van der Waals surface area contributed by atoms with Gasteiger partial charge in [-0.05, 0) is 61.6 Å². The molecule has 190 valence electrons. The molecule has 0 bridgehead atoms. The fraction of sp³-hybridized carbons (Fsp3) is 0.548. The van der Waals surface area contributed by atoms with E-state index in [9.17, 15) is 4.79 Å². The molecule has 3 rings (SSSR count). The van der Waals surface area contributed by atoms with Gasteiger partial charge < -0.3 is 9.64 Å². The highest BCUT2D eigenvalue weighted by Gasteiger charge is 2.37. The lowest BCUT2D eigenvalue weighted by Gasteiger charge is -2.39. The van der Waals surface area contributed by atoms with Gasteiger partial charge >= 0.3 is 5.97 Å². The summed E-state index contributed by atoms with van der Waals surface area (Å²) in [6.07, 6.45) is 4.55. The number of rotatable bonds is 8. The molecule has 0 radical (unpaired) electrons. The zero-order valence-corrected chi connectivity index (χ0v) is 22.8. The number of hydrogen-bond acceptors (Lipinski definition) is 3. The Bertz CT molecular complexity index is 995. The van der Waals surface area contributed by atoms with Crippen LogP contribution in [0.2, 0.25) is 0 Å². The first-order valence-corrected chi connectivity index (χ1v) is 13.3. The Morgan fingerprint density at radius 1 is 1.09 bits per heavy atom. The van der Waals surface area contributed by atoms with E-state index in [0.29, 0.717) is 24.2 Å². The normalized spacial score (nSPS) is 21.6. The number of carbonyl (C=O) groups excluding carboxylic acids is 1. The summed E-state index contributed by atoms with van der Waals surface area (Å²) in [4.78, 5) is 20.9. The van der Waals surface area contributed by atoms with Gasteiger partial charge in [0.2, 0.25) is 0 Å². The van der Waals surface area contributed by atoms with Crippen molar-refractivity contribution < 1.29 is 9.53 Å². The predicted molar refractivity (Wildman–Crippen MR) is 147 cm³/mol. The smallest absolute Gasteiger partial charge is 0.329 e. The van der Waals surface area contributed by atoms with Gasteiger partial charge in [0, 0.05) is 25.6 Å². The number of amidine groups is 1. The number of carbonyl (C=O) groups is 1. The third kappa shape index (κ3) is 6.74. The average Bonchev–Trinajstić information content (AvgIpc) is 2.83. The number of aryl methyl sites for hydroxylation is 2. The lowest BCUT2D eigenvalue weighted by Crippen LogP contribution is -2.49. The molecule has 1 aliphatic carbocycles. The quantitative estimate of drug-likeness (QED) is 0.230. The molecule has 1 fully saturated rings. The van der Waals surface area contributed by atoms with Crippen LogP contribution in [-0.4, -0.2) is 31.0 Å². The molecule has 4 heteroatoms. The lowest BCUT2D eigenvalue weighted by atomic mass is 9.75. The molecule has 0 amide bonds. The highest BCUT2D eigenvalue weighted by Crippen LogP contribution is 2.36. The van der Waals surface area contributed by atoms with Crippen molar-refractivity contribution in [3.63, 3.8) is 0 Å². The molecule has 0 unspecified atom stereocenters. The SMILES string of the molecule is CCC(=NC)N(c1ccccc1C)[C@H](Cc1ccc(C)cc1)C(=O)O[C@@H]1C[C@H](C)CC[C@H]1C(C)C. The topological polar surface area (TPSA) is 41.9 Å². The Hall–Kier alpha value is -2.62. The van der Waals surface area contributed by atoms with Crippen molar-refractivity contribution in [2.24, 2.45) is 22.7 Å². The second kappa shape index (κ2) is 12.4. The molecule has 0 heterocycles. The zero-order chi connectivity index (χ0) is 25.5. The van der Waals surface area contributed by atoms with Gasteiger partial charge in [-0.1, -0.05) is 82.1 Å². The van der Waals surface area contributed by atoms with Gasteiger partial charge in [-0.3, -0.25) is 4.99 Å². The second-order valence-electron chi connectivity index (χ2n) is 10.7. The maximum absolute atomic E-state index is 14.1. The highest BCUT2D eigenvalue weighted by molar-refractivity contribution is 6.03. The minimum absolute atomic E-state index is 0.0332. The maximum atomic E-state index is 14.1. The van der Waals surface area contributed by atoms with E-state index in [2.05, 4.69) is 87.8 Å². The van der Waals surface area contributed by atoms with Gasteiger partial charge in [0.05, 0.1) is 0 Å². The number of nitrogens with zero attached hydrogens (tertiary/aromatic N) is 2. The first kappa shape index (κ1) is 27.0. The fourth-order valence-corrected chi connectivity index (χ4v) is 5.46. The Morgan fingerprint density at radius 3 is 2.37 bits per heavy atom. The molecule has 2 aromatic rings. The van der Waals surface area contributed by atoms with E-state index in [1.807, 2.05) is 19.2 Å². The molecule has 0 aromatic heterocycles. The van der Waals surface area contributed by atoms with Crippen LogP contribution >= 0.6 is 0 Å². The Morgan fingerprint density at radius 2 is 1.77 bits per heavy atom. The largest absolute Gasteiger partial charge is 0.461 e. The van der Waals surface area contributed by atoms with Gasteiger partial charge in [0.15, 0.2) is 0 Å². The lowest BCUT2D eigenvalue weighted by molar-refractivity contribution is -0.157. The summed E-state index contributed by atoms with van der Waals surface area (Å²) in [6, 6.07) is 16.2. The van der Waals surface area contributed by atoms with Crippen molar-refractivity contribution in [1.82, 2.24) is 0 Å². The van der Waals surface area contributed by atoms with Crippen molar-refractivity contribution in [3.05, 3.63) is 65.2 Å². The van der Waals surface area contributed by atoms with E-state index in [1.54, 1.807) is 0 Å². The van der Waals surface area contributed by atoms with Crippen LogP contribution in [-0.2, 0) is 16.0 Å². The maximum Gasteiger partial charge on any atom is 0.329 e. The van der Waals surface area contributed by atoms with Gasteiger partial charge in [0.25, 0.3) is 0 Å². The number of hydrogen-bond donors (Lipinski definition) is 0. The van der Waals surface area contributed by atoms with Crippen LogP contribution in [0.1, 0.15) is 70.1 Å². The summed E-state index contributed by atoms with van der Waals surface area (Å²) in [6.45, 7) is 13.1. The molecular weight excluding hydrogens is 432 g/mol. The van der Waals surface area contributed by atoms with Crippen LogP contribution in [0.25, 0.3) is 0 Å². The Kier molecular flexibility index (Phi) is 9.54. The van der Waals surface area contributed by atoms with Crippen molar-refractivity contribution in [2.75, 3.05) is 11.9 Å². The van der Waals surface area contributed by atoms with Crippen LogP contribution in [0.5, 0.6) is 0 Å². The van der Waals surface area contributed by atoms with Gasteiger partial charge in [-0.25, -0.2) is 4.79 Å².